The van der Waals surface area contributed by atoms with Crippen molar-refractivity contribution in [3.05, 3.63) is 41.7 Å². The standard InChI is InChI=1S/C14H16F2N6O/c1-21-5-4-12(18-13(23)7-22-8-17-19-20-22)14(21)9-2-3-10(15)11(16)6-9/h2-3,6,8,12,14H,4-5,7H2,1H3,(H,18,23)/t12-,14-/m1/s1. The zero-order chi connectivity index (χ0) is 16.4. The van der Waals surface area contributed by atoms with E-state index in [9.17, 15) is 13.6 Å². The normalized spacial score (nSPS) is 21.5. The Labute approximate surface area is 131 Å². The molecule has 0 aliphatic carbocycles. The number of likely N-dealkylation sites (tertiary alicyclic amines) is 1. The van der Waals surface area contributed by atoms with Crippen molar-refractivity contribution in [3.8, 4) is 0 Å². The predicted octanol–water partition coefficient (Wildman–Crippen LogP) is 0.513. The summed E-state index contributed by atoms with van der Waals surface area (Å²) in [5.41, 5.74) is 0.636. The van der Waals surface area contributed by atoms with E-state index in [2.05, 4.69) is 20.8 Å². The molecule has 1 aromatic carbocycles. The molecule has 7 nitrogen and oxygen atoms in total. The van der Waals surface area contributed by atoms with Crippen molar-refractivity contribution < 1.29 is 13.6 Å². The highest BCUT2D eigenvalue weighted by Crippen LogP contribution is 2.31. The van der Waals surface area contributed by atoms with Gasteiger partial charge in [0, 0.05) is 12.6 Å². The fourth-order valence-corrected chi connectivity index (χ4v) is 2.93. The molecule has 0 radical (unpaired) electrons. The second-order valence-corrected chi connectivity index (χ2v) is 5.57. The Kier molecular flexibility index (Phi) is 4.28. The molecule has 9 heteroatoms. The smallest absolute Gasteiger partial charge is 0.242 e. The molecule has 3 rings (SSSR count). The van der Waals surface area contributed by atoms with E-state index in [0.29, 0.717) is 5.56 Å². The number of rotatable bonds is 4. The lowest BCUT2D eigenvalue weighted by Gasteiger charge is -2.26. The summed E-state index contributed by atoms with van der Waals surface area (Å²) < 4.78 is 27.9. The Morgan fingerprint density at radius 2 is 2.22 bits per heavy atom. The fraction of sp³-hybridized carbons (Fsp3) is 0.429. The van der Waals surface area contributed by atoms with Gasteiger partial charge in [-0.3, -0.25) is 9.69 Å². The quantitative estimate of drug-likeness (QED) is 0.888. The third-order valence-electron chi connectivity index (χ3n) is 3.98. The summed E-state index contributed by atoms with van der Waals surface area (Å²) >= 11 is 0. The van der Waals surface area contributed by atoms with Gasteiger partial charge in [0.2, 0.25) is 5.91 Å². The van der Waals surface area contributed by atoms with Gasteiger partial charge in [0.15, 0.2) is 11.6 Å². The lowest BCUT2D eigenvalue weighted by atomic mass is 10.00. The molecule has 1 amide bonds. The minimum Gasteiger partial charge on any atom is -0.350 e. The highest BCUT2D eigenvalue weighted by Gasteiger charge is 2.34. The van der Waals surface area contributed by atoms with Crippen molar-refractivity contribution in [2.45, 2.75) is 25.0 Å². The van der Waals surface area contributed by atoms with Gasteiger partial charge in [0.25, 0.3) is 0 Å². The summed E-state index contributed by atoms with van der Waals surface area (Å²) in [4.78, 5) is 14.1. The van der Waals surface area contributed by atoms with Crippen LogP contribution in [-0.2, 0) is 11.3 Å². The van der Waals surface area contributed by atoms with Gasteiger partial charge in [-0.15, -0.1) is 5.10 Å². The maximum absolute atomic E-state index is 13.5. The van der Waals surface area contributed by atoms with Crippen LogP contribution in [0, 0.1) is 11.6 Å². The van der Waals surface area contributed by atoms with E-state index in [1.54, 1.807) is 6.07 Å². The number of tetrazole rings is 1. The molecule has 2 heterocycles. The number of aromatic nitrogens is 4. The molecular weight excluding hydrogens is 306 g/mol. The van der Waals surface area contributed by atoms with Crippen molar-refractivity contribution in [2.24, 2.45) is 0 Å². The molecule has 1 N–H and O–H groups in total. The minimum atomic E-state index is -0.887. The Morgan fingerprint density at radius 1 is 1.39 bits per heavy atom. The van der Waals surface area contributed by atoms with Crippen LogP contribution in [0.15, 0.2) is 24.5 Å². The van der Waals surface area contributed by atoms with E-state index in [4.69, 9.17) is 0 Å². The molecular formula is C14H16F2N6O. The van der Waals surface area contributed by atoms with Gasteiger partial charge < -0.3 is 5.32 Å². The summed E-state index contributed by atoms with van der Waals surface area (Å²) in [7, 11) is 1.89. The monoisotopic (exact) mass is 322 g/mol. The Hall–Kier alpha value is -2.42. The molecule has 0 unspecified atom stereocenters. The average molecular weight is 322 g/mol. The number of likely N-dealkylation sites (N-methyl/N-ethyl adjacent to an activating group) is 1. The van der Waals surface area contributed by atoms with Gasteiger partial charge in [0.05, 0.1) is 6.04 Å². The van der Waals surface area contributed by atoms with Crippen LogP contribution in [0.5, 0.6) is 0 Å². The van der Waals surface area contributed by atoms with Crippen molar-refractivity contribution in [1.82, 2.24) is 30.4 Å². The number of carbonyl (C=O) groups excluding carboxylic acids is 1. The lowest BCUT2D eigenvalue weighted by molar-refractivity contribution is -0.122. The molecule has 0 bridgehead atoms. The largest absolute Gasteiger partial charge is 0.350 e. The first-order valence-electron chi connectivity index (χ1n) is 7.20. The maximum atomic E-state index is 13.5. The van der Waals surface area contributed by atoms with Crippen LogP contribution in [0.4, 0.5) is 8.78 Å². The molecule has 2 aromatic rings. The van der Waals surface area contributed by atoms with Crippen LogP contribution in [-0.4, -0.2) is 50.6 Å². The maximum Gasteiger partial charge on any atom is 0.242 e. The second kappa shape index (κ2) is 6.37. The summed E-state index contributed by atoms with van der Waals surface area (Å²) in [6, 6.07) is 3.45. The second-order valence-electron chi connectivity index (χ2n) is 5.57. The van der Waals surface area contributed by atoms with Crippen LogP contribution < -0.4 is 5.32 Å². The number of nitrogens with zero attached hydrogens (tertiary/aromatic N) is 5. The predicted molar refractivity (Wildman–Crippen MR) is 76.1 cm³/mol. The highest BCUT2D eigenvalue weighted by molar-refractivity contribution is 5.76. The first kappa shape index (κ1) is 15.5. The molecule has 1 aliphatic rings. The average Bonchev–Trinajstić information content (AvgIpc) is 3.12. The molecule has 23 heavy (non-hydrogen) atoms. The third-order valence-corrected chi connectivity index (χ3v) is 3.98. The third kappa shape index (κ3) is 3.34. The fourth-order valence-electron chi connectivity index (χ4n) is 2.93. The van der Waals surface area contributed by atoms with Crippen molar-refractivity contribution in [3.63, 3.8) is 0 Å². The number of nitrogens with one attached hydrogen (secondary N) is 1. The number of amides is 1. The highest BCUT2D eigenvalue weighted by atomic mass is 19.2. The molecule has 1 aromatic heterocycles. The van der Waals surface area contributed by atoms with E-state index >= 15 is 0 Å². The Bertz CT molecular complexity index is 693. The molecule has 1 saturated heterocycles. The van der Waals surface area contributed by atoms with Gasteiger partial charge in [-0.2, -0.15) is 0 Å². The summed E-state index contributed by atoms with van der Waals surface area (Å²) in [6.45, 7) is 0.761. The molecule has 0 saturated carbocycles. The zero-order valence-corrected chi connectivity index (χ0v) is 12.5. The molecule has 0 spiro atoms. The van der Waals surface area contributed by atoms with E-state index in [-0.39, 0.29) is 24.5 Å². The first-order chi connectivity index (χ1) is 11.0. The van der Waals surface area contributed by atoms with Crippen LogP contribution in [0.2, 0.25) is 0 Å². The summed E-state index contributed by atoms with van der Waals surface area (Å²) in [6.07, 6.45) is 2.08. The zero-order valence-electron chi connectivity index (χ0n) is 12.5. The van der Waals surface area contributed by atoms with Gasteiger partial charge in [-0.1, -0.05) is 6.07 Å². The SMILES string of the molecule is CN1CC[C@@H](NC(=O)Cn2cnnn2)[C@H]1c1ccc(F)c(F)c1. The van der Waals surface area contributed by atoms with E-state index < -0.39 is 11.6 Å². The van der Waals surface area contributed by atoms with E-state index in [1.807, 2.05) is 11.9 Å². The van der Waals surface area contributed by atoms with Crippen LogP contribution in [0.25, 0.3) is 0 Å². The van der Waals surface area contributed by atoms with Crippen LogP contribution in [0.1, 0.15) is 18.0 Å². The van der Waals surface area contributed by atoms with Crippen LogP contribution in [0.3, 0.4) is 0 Å². The lowest BCUT2D eigenvalue weighted by Crippen LogP contribution is -2.40. The van der Waals surface area contributed by atoms with Gasteiger partial charge >= 0.3 is 0 Å². The molecule has 1 fully saturated rings. The van der Waals surface area contributed by atoms with E-state index in [0.717, 1.165) is 19.0 Å². The van der Waals surface area contributed by atoms with Crippen LogP contribution >= 0.6 is 0 Å². The number of carbonyl (C=O) groups is 1. The molecule has 1 aliphatic heterocycles. The number of hydrogen-bond donors (Lipinski definition) is 1. The van der Waals surface area contributed by atoms with E-state index in [1.165, 1.54) is 17.1 Å². The number of benzene rings is 1. The Morgan fingerprint density at radius 3 is 2.91 bits per heavy atom. The van der Waals surface area contributed by atoms with Crippen molar-refractivity contribution in [1.29, 1.82) is 0 Å². The van der Waals surface area contributed by atoms with Gasteiger partial charge in [-0.25, -0.2) is 13.5 Å². The number of hydrogen-bond acceptors (Lipinski definition) is 5. The summed E-state index contributed by atoms with van der Waals surface area (Å²) in [5, 5.41) is 13.5. The van der Waals surface area contributed by atoms with Crippen molar-refractivity contribution >= 4 is 5.91 Å². The van der Waals surface area contributed by atoms with Crippen molar-refractivity contribution in [2.75, 3.05) is 13.6 Å². The van der Waals surface area contributed by atoms with Gasteiger partial charge in [-0.05, 0) is 41.6 Å². The first-order valence-corrected chi connectivity index (χ1v) is 7.20. The molecule has 2 atom stereocenters. The molecule has 122 valence electrons. The summed E-state index contributed by atoms with van der Waals surface area (Å²) in [5.74, 6) is -2.00. The van der Waals surface area contributed by atoms with Gasteiger partial charge in [0.1, 0.15) is 12.9 Å². The number of halogens is 2. The topological polar surface area (TPSA) is 75.9 Å². The minimum absolute atomic E-state index is 0.0116. The Balaban J connectivity index is 1.73.